The highest BCUT2D eigenvalue weighted by molar-refractivity contribution is 5.94. The number of carbonyl (C=O) groups is 1. The maximum absolute atomic E-state index is 13.5. The minimum absolute atomic E-state index is 0.0336. The highest BCUT2D eigenvalue weighted by Crippen LogP contribution is 2.39. The van der Waals surface area contributed by atoms with Crippen molar-refractivity contribution >= 4 is 17.3 Å². The van der Waals surface area contributed by atoms with Gasteiger partial charge in [-0.25, -0.2) is 0 Å². The molecule has 2 aromatic carbocycles. The molecule has 1 fully saturated rings. The summed E-state index contributed by atoms with van der Waals surface area (Å²) in [4.78, 5) is 26.0. The first-order chi connectivity index (χ1) is 14.4. The van der Waals surface area contributed by atoms with E-state index in [-0.39, 0.29) is 43.2 Å². The molecule has 9 heteroatoms. The number of nitro groups is 1. The Morgan fingerprint density at radius 3 is 2.03 bits per heavy atom. The summed E-state index contributed by atoms with van der Waals surface area (Å²) in [6.45, 7) is 7.16. The predicted molar refractivity (Wildman–Crippen MR) is 111 cm³/mol. The fraction of sp³-hybridized carbons (Fsp3) is 0.409. The number of hydrogen-bond donors (Lipinski definition) is 0. The number of nitrogens with zero attached hydrogens (tertiary/aromatic N) is 3. The van der Waals surface area contributed by atoms with Gasteiger partial charge in [0.25, 0.3) is 11.6 Å². The number of piperazine rings is 1. The van der Waals surface area contributed by atoms with E-state index in [1.807, 2.05) is 12.1 Å². The number of non-ortho nitro benzene ring substituents is 1. The van der Waals surface area contributed by atoms with Crippen molar-refractivity contribution in [3.8, 4) is 0 Å². The first-order valence-corrected chi connectivity index (χ1v) is 9.88. The third kappa shape index (κ3) is 4.98. The second-order valence-electron chi connectivity index (χ2n) is 8.56. The van der Waals surface area contributed by atoms with Gasteiger partial charge in [-0.15, -0.1) is 0 Å². The Kier molecular flexibility index (Phi) is 5.98. The van der Waals surface area contributed by atoms with Gasteiger partial charge in [-0.1, -0.05) is 32.9 Å². The SMILES string of the molecule is CC(C)(C)c1ccc(C(=O)N2CCN(c3ccc([N+](=O)[O-])cc3C(F)(F)F)CC2)cc1. The molecule has 0 aliphatic carbocycles. The number of amides is 1. The lowest BCUT2D eigenvalue weighted by Crippen LogP contribution is -2.49. The molecule has 0 bridgehead atoms. The summed E-state index contributed by atoms with van der Waals surface area (Å²) in [5.74, 6) is -0.167. The van der Waals surface area contributed by atoms with Crippen molar-refractivity contribution < 1.29 is 22.9 Å². The van der Waals surface area contributed by atoms with Crippen molar-refractivity contribution in [2.24, 2.45) is 0 Å². The van der Waals surface area contributed by atoms with E-state index in [1.165, 1.54) is 4.90 Å². The largest absolute Gasteiger partial charge is 0.418 e. The Balaban J connectivity index is 1.73. The van der Waals surface area contributed by atoms with Crippen molar-refractivity contribution in [1.82, 2.24) is 4.90 Å². The number of alkyl halides is 3. The third-order valence-corrected chi connectivity index (χ3v) is 5.40. The lowest BCUT2D eigenvalue weighted by Gasteiger charge is -2.37. The van der Waals surface area contributed by atoms with Crippen LogP contribution in [0.5, 0.6) is 0 Å². The van der Waals surface area contributed by atoms with Crippen LogP contribution in [0, 0.1) is 10.1 Å². The lowest BCUT2D eigenvalue weighted by atomic mass is 9.86. The van der Waals surface area contributed by atoms with Crippen molar-refractivity contribution in [3.05, 3.63) is 69.3 Å². The molecule has 1 aliphatic heterocycles. The Bertz CT molecular complexity index is 974. The second-order valence-corrected chi connectivity index (χ2v) is 8.56. The topological polar surface area (TPSA) is 66.7 Å². The Morgan fingerprint density at radius 1 is 0.968 bits per heavy atom. The average molecular weight is 435 g/mol. The summed E-state index contributed by atoms with van der Waals surface area (Å²) >= 11 is 0. The summed E-state index contributed by atoms with van der Waals surface area (Å²) in [5.41, 5.74) is -0.157. The molecule has 0 atom stereocenters. The number of carbonyl (C=O) groups excluding carboxylic acids is 1. The van der Waals surface area contributed by atoms with Crippen LogP contribution in [0.15, 0.2) is 42.5 Å². The number of hydrogen-bond acceptors (Lipinski definition) is 4. The summed E-state index contributed by atoms with van der Waals surface area (Å²) in [6, 6.07) is 10.1. The molecular weight excluding hydrogens is 411 g/mol. The van der Waals surface area contributed by atoms with Crippen LogP contribution in [0.1, 0.15) is 42.3 Å². The van der Waals surface area contributed by atoms with Crippen LogP contribution < -0.4 is 4.90 Å². The molecule has 166 valence electrons. The fourth-order valence-electron chi connectivity index (χ4n) is 3.59. The molecular formula is C22H24F3N3O3. The molecule has 0 radical (unpaired) electrons. The van der Waals surface area contributed by atoms with E-state index < -0.39 is 22.4 Å². The first kappa shape index (κ1) is 22.6. The zero-order chi connectivity index (χ0) is 23.0. The van der Waals surface area contributed by atoms with Gasteiger partial charge in [0.1, 0.15) is 0 Å². The Hall–Kier alpha value is -3.10. The minimum atomic E-state index is -4.72. The summed E-state index contributed by atoms with van der Waals surface area (Å²) in [6.07, 6.45) is -4.72. The minimum Gasteiger partial charge on any atom is -0.367 e. The second kappa shape index (κ2) is 8.20. The fourth-order valence-corrected chi connectivity index (χ4v) is 3.59. The van der Waals surface area contributed by atoms with E-state index in [0.29, 0.717) is 11.6 Å². The van der Waals surface area contributed by atoms with Crippen LogP contribution in [0.2, 0.25) is 0 Å². The van der Waals surface area contributed by atoms with Gasteiger partial charge >= 0.3 is 6.18 Å². The van der Waals surface area contributed by atoms with Gasteiger partial charge in [-0.3, -0.25) is 14.9 Å². The molecule has 1 saturated heterocycles. The van der Waals surface area contributed by atoms with Crippen LogP contribution in [0.3, 0.4) is 0 Å². The van der Waals surface area contributed by atoms with Crippen LogP contribution in [0.25, 0.3) is 0 Å². The van der Waals surface area contributed by atoms with Gasteiger partial charge in [-0.05, 0) is 29.2 Å². The van der Waals surface area contributed by atoms with Crippen molar-refractivity contribution in [3.63, 3.8) is 0 Å². The number of rotatable bonds is 3. The quantitative estimate of drug-likeness (QED) is 0.510. The molecule has 1 amide bonds. The molecule has 1 heterocycles. The van der Waals surface area contributed by atoms with E-state index in [2.05, 4.69) is 20.8 Å². The molecule has 31 heavy (non-hydrogen) atoms. The lowest BCUT2D eigenvalue weighted by molar-refractivity contribution is -0.385. The molecule has 0 unspecified atom stereocenters. The highest BCUT2D eigenvalue weighted by atomic mass is 19.4. The normalized spacial score (nSPS) is 15.2. The molecule has 3 rings (SSSR count). The summed E-state index contributed by atoms with van der Waals surface area (Å²) in [5, 5.41) is 10.9. The highest BCUT2D eigenvalue weighted by Gasteiger charge is 2.37. The van der Waals surface area contributed by atoms with Crippen molar-refractivity contribution in [2.75, 3.05) is 31.1 Å². The van der Waals surface area contributed by atoms with Crippen LogP contribution in [-0.2, 0) is 11.6 Å². The molecule has 1 aliphatic rings. The first-order valence-electron chi connectivity index (χ1n) is 9.88. The monoisotopic (exact) mass is 435 g/mol. The van der Waals surface area contributed by atoms with E-state index in [1.54, 1.807) is 17.0 Å². The summed E-state index contributed by atoms with van der Waals surface area (Å²) < 4.78 is 40.4. The van der Waals surface area contributed by atoms with Gasteiger partial charge in [0.2, 0.25) is 0 Å². The predicted octanol–water partition coefficient (Wildman–Crippen LogP) is 4.87. The number of anilines is 1. The smallest absolute Gasteiger partial charge is 0.367 e. The van der Waals surface area contributed by atoms with Crippen molar-refractivity contribution in [1.29, 1.82) is 0 Å². The zero-order valence-electron chi connectivity index (χ0n) is 17.6. The van der Waals surface area contributed by atoms with Crippen LogP contribution in [-0.4, -0.2) is 41.9 Å². The molecule has 2 aromatic rings. The number of benzene rings is 2. The van der Waals surface area contributed by atoms with E-state index in [4.69, 9.17) is 0 Å². The van der Waals surface area contributed by atoms with Crippen LogP contribution >= 0.6 is 0 Å². The van der Waals surface area contributed by atoms with E-state index >= 15 is 0 Å². The molecule has 0 saturated carbocycles. The van der Waals surface area contributed by atoms with E-state index in [0.717, 1.165) is 17.7 Å². The standard InChI is InChI=1S/C22H24F3N3O3/c1-21(2,3)16-6-4-15(5-7-16)20(29)27-12-10-26(11-13-27)19-9-8-17(28(30)31)14-18(19)22(23,24)25/h4-9,14H,10-13H2,1-3H3. The Morgan fingerprint density at radius 2 is 1.55 bits per heavy atom. The van der Waals surface area contributed by atoms with Gasteiger partial charge in [-0.2, -0.15) is 13.2 Å². The molecule has 0 N–H and O–H groups in total. The zero-order valence-corrected chi connectivity index (χ0v) is 17.6. The third-order valence-electron chi connectivity index (χ3n) is 5.40. The molecule has 6 nitrogen and oxygen atoms in total. The number of halogens is 3. The van der Waals surface area contributed by atoms with E-state index in [9.17, 15) is 28.1 Å². The average Bonchev–Trinajstić information content (AvgIpc) is 2.71. The van der Waals surface area contributed by atoms with Gasteiger partial charge in [0.05, 0.1) is 10.5 Å². The van der Waals surface area contributed by atoms with Crippen LogP contribution in [0.4, 0.5) is 24.5 Å². The number of nitro benzene ring substituents is 1. The van der Waals surface area contributed by atoms with Crippen molar-refractivity contribution in [2.45, 2.75) is 32.4 Å². The van der Waals surface area contributed by atoms with Gasteiger partial charge in [0, 0.05) is 49.6 Å². The molecule has 0 aromatic heterocycles. The summed E-state index contributed by atoms with van der Waals surface area (Å²) in [7, 11) is 0. The maximum atomic E-state index is 13.5. The Labute approximate surface area is 178 Å². The maximum Gasteiger partial charge on any atom is 0.418 e. The molecule has 0 spiro atoms. The van der Waals surface area contributed by atoms with Gasteiger partial charge in [0.15, 0.2) is 0 Å². The van der Waals surface area contributed by atoms with Gasteiger partial charge < -0.3 is 9.80 Å².